The molecule has 13 heavy (non-hydrogen) atoms. The normalized spacial score (nSPS) is 12.1. The van der Waals surface area contributed by atoms with E-state index in [9.17, 15) is 4.79 Å². The summed E-state index contributed by atoms with van der Waals surface area (Å²) in [6.07, 6.45) is 5.30. The van der Waals surface area contributed by atoms with Crippen molar-refractivity contribution in [2.75, 3.05) is 0 Å². The van der Waals surface area contributed by atoms with Crippen LogP contribution in [0.2, 0.25) is 0 Å². The molecule has 0 spiro atoms. The first-order chi connectivity index (χ1) is 6.24. The van der Waals surface area contributed by atoms with Gasteiger partial charge in [0.05, 0.1) is 6.04 Å². The number of H-pyrrole nitrogens is 1. The molecule has 1 unspecified atom stereocenters. The first-order valence-corrected chi connectivity index (χ1v) is 4.13. The number of hydrogen-bond donors (Lipinski definition) is 2. The maximum atomic E-state index is 11.1. The molecule has 0 bridgehead atoms. The van der Waals surface area contributed by atoms with Crippen LogP contribution in [0.3, 0.4) is 0 Å². The van der Waals surface area contributed by atoms with Crippen molar-refractivity contribution < 1.29 is 4.79 Å². The molecular weight excluding hydrogens is 166 g/mol. The fourth-order valence-corrected chi connectivity index (χ4v) is 1.01. The van der Waals surface area contributed by atoms with Crippen molar-refractivity contribution >= 4 is 5.91 Å². The Balaban J connectivity index is 2.46. The highest BCUT2D eigenvalue weighted by atomic mass is 16.1. The summed E-state index contributed by atoms with van der Waals surface area (Å²) >= 11 is 0. The average molecular weight is 179 g/mol. The predicted octanol–water partition coefficient (Wildman–Crippen LogP) is 1.16. The van der Waals surface area contributed by atoms with Crippen LogP contribution in [0.1, 0.15) is 25.2 Å². The highest BCUT2D eigenvalue weighted by molar-refractivity contribution is 5.77. The summed E-state index contributed by atoms with van der Waals surface area (Å²) in [4.78, 5) is 18.1. The SMILES string of the molecule is C=CCC(=O)NC(C)c1ncc[nH]1. The van der Waals surface area contributed by atoms with Crippen LogP contribution in [0.4, 0.5) is 0 Å². The molecule has 0 fully saturated rings. The summed E-state index contributed by atoms with van der Waals surface area (Å²) in [5.74, 6) is 0.719. The van der Waals surface area contributed by atoms with Gasteiger partial charge in [-0.25, -0.2) is 4.98 Å². The Kier molecular flexibility index (Phi) is 3.25. The maximum Gasteiger partial charge on any atom is 0.224 e. The van der Waals surface area contributed by atoms with E-state index in [-0.39, 0.29) is 11.9 Å². The molecule has 1 aromatic heterocycles. The molecule has 0 aromatic carbocycles. The molecule has 0 saturated heterocycles. The molecule has 1 atom stereocenters. The van der Waals surface area contributed by atoms with E-state index in [0.717, 1.165) is 5.82 Å². The molecule has 1 rings (SSSR count). The highest BCUT2D eigenvalue weighted by Crippen LogP contribution is 2.04. The van der Waals surface area contributed by atoms with Gasteiger partial charge in [-0.05, 0) is 6.92 Å². The molecule has 2 N–H and O–H groups in total. The van der Waals surface area contributed by atoms with Crippen LogP contribution in [0, 0.1) is 0 Å². The lowest BCUT2D eigenvalue weighted by molar-refractivity contribution is -0.120. The van der Waals surface area contributed by atoms with E-state index < -0.39 is 0 Å². The standard InChI is InChI=1S/C9H13N3O/c1-3-4-8(13)12-7(2)9-10-5-6-11-9/h3,5-7H,1,4H2,2H3,(H,10,11)(H,12,13). The molecule has 0 aliphatic carbocycles. The van der Waals surface area contributed by atoms with E-state index >= 15 is 0 Å². The lowest BCUT2D eigenvalue weighted by atomic mass is 10.3. The van der Waals surface area contributed by atoms with E-state index in [4.69, 9.17) is 0 Å². The Labute approximate surface area is 77.1 Å². The maximum absolute atomic E-state index is 11.1. The largest absolute Gasteiger partial charge is 0.347 e. The van der Waals surface area contributed by atoms with Gasteiger partial charge in [0.1, 0.15) is 5.82 Å². The highest BCUT2D eigenvalue weighted by Gasteiger charge is 2.09. The number of aromatic amines is 1. The second-order valence-corrected chi connectivity index (χ2v) is 2.76. The first kappa shape index (κ1) is 9.51. The van der Waals surface area contributed by atoms with Crippen molar-refractivity contribution in [1.29, 1.82) is 0 Å². The second kappa shape index (κ2) is 4.45. The van der Waals surface area contributed by atoms with Crippen molar-refractivity contribution in [3.05, 3.63) is 30.9 Å². The van der Waals surface area contributed by atoms with Gasteiger partial charge >= 0.3 is 0 Å². The van der Waals surface area contributed by atoms with Gasteiger partial charge in [0.2, 0.25) is 5.91 Å². The smallest absolute Gasteiger partial charge is 0.224 e. The molecule has 4 heteroatoms. The number of rotatable bonds is 4. The number of carbonyl (C=O) groups excluding carboxylic acids is 1. The summed E-state index contributed by atoms with van der Waals surface area (Å²) in [5, 5.41) is 2.78. The number of amides is 1. The Morgan fingerprint density at radius 2 is 2.69 bits per heavy atom. The molecule has 1 heterocycles. The van der Waals surface area contributed by atoms with Crippen molar-refractivity contribution in [3.8, 4) is 0 Å². The van der Waals surface area contributed by atoms with E-state index in [2.05, 4.69) is 21.9 Å². The molecule has 70 valence electrons. The molecule has 0 aliphatic heterocycles. The van der Waals surface area contributed by atoms with Gasteiger partial charge in [-0.15, -0.1) is 6.58 Å². The molecular formula is C9H13N3O. The fourth-order valence-electron chi connectivity index (χ4n) is 1.01. The van der Waals surface area contributed by atoms with Gasteiger partial charge in [-0.1, -0.05) is 6.08 Å². The van der Waals surface area contributed by atoms with Gasteiger partial charge in [-0.3, -0.25) is 4.79 Å². The number of imidazole rings is 1. The van der Waals surface area contributed by atoms with E-state index in [1.807, 2.05) is 6.92 Å². The van der Waals surface area contributed by atoms with Gasteiger partial charge in [0, 0.05) is 18.8 Å². The quantitative estimate of drug-likeness (QED) is 0.681. The second-order valence-electron chi connectivity index (χ2n) is 2.76. The summed E-state index contributed by atoms with van der Waals surface area (Å²) in [5.41, 5.74) is 0. The first-order valence-electron chi connectivity index (χ1n) is 4.13. The Bertz CT molecular complexity index is 279. The van der Waals surface area contributed by atoms with Crippen LogP contribution >= 0.6 is 0 Å². The number of aromatic nitrogens is 2. The minimum atomic E-state index is -0.0811. The topological polar surface area (TPSA) is 57.8 Å². The monoisotopic (exact) mass is 179 g/mol. The Morgan fingerprint density at radius 1 is 1.92 bits per heavy atom. The minimum absolute atomic E-state index is 0.0427. The molecule has 4 nitrogen and oxygen atoms in total. The zero-order valence-corrected chi connectivity index (χ0v) is 7.58. The molecule has 0 aliphatic rings. The van der Waals surface area contributed by atoms with Crippen molar-refractivity contribution in [3.63, 3.8) is 0 Å². The van der Waals surface area contributed by atoms with Gasteiger partial charge in [0.25, 0.3) is 0 Å². The molecule has 0 radical (unpaired) electrons. The summed E-state index contributed by atoms with van der Waals surface area (Å²) in [6, 6.07) is -0.0811. The van der Waals surface area contributed by atoms with Gasteiger partial charge < -0.3 is 10.3 Å². The Morgan fingerprint density at radius 3 is 3.23 bits per heavy atom. The summed E-state index contributed by atoms with van der Waals surface area (Å²) in [6.45, 7) is 5.36. The van der Waals surface area contributed by atoms with Gasteiger partial charge in [0.15, 0.2) is 0 Å². The van der Waals surface area contributed by atoms with Crippen molar-refractivity contribution in [1.82, 2.24) is 15.3 Å². The zero-order chi connectivity index (χ0) is 9.68. The number of nitrogens with one attached hydrogen (secondary N) is 2. The lowest BCUT2D eigenvalue weighted by Gasteiger charge is -2.09. The minimum Gasteiger partial charge on any atom is -0.347 e. The lowest BCUT2D eigenvalue weighted by Crippen LogP contribution is -2.26. The number of carbonyl (C=O) groups is 1. The third kappa shape index (κ3) is 2.74. The third-order valence-corrected chi connectivity index (χ3v) is 1.64. The average Bonchev–Trinajstić information content (AvgIpc) is 2.55. The van der Waals surface area contributed by atoms with Gasteiger partial charge in [-0.2, -0.15) is 0 Å². The fraction of sp³-hybridized carbons (Fsp3) is 0.333. The third-order valence-electron chi connectivity index (χ3n) is 1.64. The van der Waals surface area contributed by atoms with E-state index in [1.54, 1.807) is 18.5 Å². The van der Waals surface area contributed by atoms with Crippen molar-refractivity contribution in [2.45, 2.75) is 19.4 Å². The summed E-state index contributed by atoms with van der Waals surface area (Å²) < 4.78 is 0. The van der Waals surface area contributed by atoms with Crippen LogP contribution in [0.25, 0.3) is 0 Å². The van der Waals surface area contributed by atoms with Crippen LogP contribution in [-0.2, 0) is 4.79 Å². The molecule has 1 amide bonds. The van der Waals surface area contributed by atoms with Crippen LogP contribution in [0.5, 0.6) is 0 Å². The van der Waals surface area contributed by atoms with Crippen LogP contribution in [-0.4, -0.2) is 15.9 Å². The Hall–Kier alpha value is -1.58. The van der Waals surface area contributed by atoms with Crippen LogP contribution < -0.4 is 5.32 Å². The number of nitrogens with zero attached hydrogens (tertiary/aromatic N) is 1. The van der Waals surface area contributed by atoms with Crippen molar-refractivity contribution in [2.24, 2.45) is 0 Å². The molecule has 1 aromatic rings. The number of hydrogen-bond acceptors (Lipinski definition) is 2. The molecule has 0 saturated carbocycles. The summed E-state index contributed by atoms with van der Waals surface area (Å²) in [7, 11) is 0. The van der Waals surface area contributed by atoms with E-state index in [0.29, 0.717) is 6.42 Å². The zero-order valence-electron chi connectivity index (χ0n) is 7.58. The predicted molar refractivity (Wildman–Crippen MR) is 50.0 cm³/mol. The van der Waals surface area contributed by atoms with Crippen LogP contribution in [0.15, 0.2) is 25.0 Å². The van der Waals surface area contributed by atoms with E-state index in [1.165, 1.54) is 0 Å².